The van der Waals surface area contributed by atoms with Crippen molar-refractivity contribution in [3.05, 3.63) is 52.2 Å². The molecule has 2 rings (SSSR count). The van der Waals surface area contributed by atoms with Crippen LogP contribution in [0.2, 0.25) is 0 Å². The molecule has 1 heterocycles. The maximum absolute atomic E-state index is 13.5. The lowest BCUT2D eigenvalue weighted by Gasteiger charge is -2.12. The Morgan fingerprint density at radius 2 is 2.04 bits per heavy atom. The Labute approximate surface area is 136 Å². The SMILES string of the molecule is CN=C(NCCc1c(C)noc1C)NCc1ccc(C)c(F)c1. The van der Waals surface area contributed by atoms with Crippen LogP contribution in [0.5, 0.6) is 0 Å². The van der Waals surface area contributed by atoms with E-state index in [9.17, 15) is 4.39 Å². The molecule has 0 aliphatic carbocycles. The molecule has 0 spiro atoms. The smallest absolute Gasteiger partial charge is 0.191 e. The van der Waals surface area contributed by atoms with Crippen molar-refractivity contribution in [3.8, 4) is 0 Å². The van der Waals surface area contributed by atoms with Crippen LogP contribution >= 0.6 is 0 Å². The number of aryl methyl sites for hydroxylation is 3. The molecule has 124 valence electrons. The predicted molar refractivity (Wildman–Crippen MR) is 89.0 cm³/mol. The average molecular weight is 318 g/mol. The summed E-state index contributed by atoms with van der Waals surface area (Å²) < 4.78 is 18.7. The van der Waals surface area contributed by atoms with E-state index in [0.29, 0.717) is 24.6 Å². The number of halogens is 1. The fourth-order valence-electron chi connectivity index (χ4n) is 2.32. The predicted octanol–water partition coefficient (Wildman–Crippen LogP) is 2.65. The molecule has 0 bridgehead atoms. The van der Waals surface area contributed by atoms with E-state index in [4.69, 9.17) is 4.52 Å². The summed E-state index contributed by atoms with van der Waals surface area (Å²) in [5, 5.41) is 10.4. The van der Waals surface area contributed by atoms with Crippen LogP contribution in [0.4, 0.5) is 4.39 Å². The van der Waals surface area contributed by atoms with Crippen molar-refractivity contribution in [1.82, 2.24) is 15.8 Å². The van der Waals surface area contributed by atoms with Crippen LogP contribution in [-0.4, -0.2) is 24.7 Å². The van der Waals surface area contributed by atoms with Gasteiger partial charge in [-0.05, 0) is 44.4 Å². The van der Waals surface area contributed by atoms with Gasteiger partial charge < -0.3 is 15.2 Å². The van der Waals surface area contributed by atoms with Gasteiger partial charge in [-0.15, -0.1) is 0 Å². The topological polar surface area (TPSA) is 62.5 Å². The highest BCUT2D eigenvalue weighted by atomic mass is 19.1. The van der Waals surface area contributed by atoms with Crippen LogP contribution in [-0.2, 0) is 13.0 Å². The van der Waals surface area contributed by atoms with Crippen LogP contribution in [0.3, 0.4) is 0 Å². The molecule has 0 atom stereocenters. The summed E-state index contributed by atoms with van der Waals surface area (Å²) in [5.41, 5.74) is 3.56. The number of rotatable bonds is 5. The molecule has 0 fully saturated rings. The van der Waals surface area contributed by atoms with Gasteiger partial charge in [-0.25, -0.2) is 4.39 Å². The van der Waals surface area contributed by atoms with E-state index in [-0.39, 0.29) is 5.82 Å². The maximum atomic E-state index is 13.5. The highest BCUT2D eigenvalue weighted by Gasteiger charge is 2.08. The molecule has 0 radical (unpaired) electrons. The van der Waals surface area contributed by atoms with Gasteiger partial charge >= 0.3 is 0 Å². The molecule has 0 saturated heterocycles. The number of nitrogens with one attached hydrogen (secondary N) is 2. The van der Waals surface area contributed by atoms with Crippen molar-refractivity contribution >= 4 is 5.96 Å². The number of aromatic nitrogens is 1. The summed E-state index contributed by atoms with van der Waals surface area (Å²) in [7, 11) is 1.71. The molecule has 0 unspecified atom stereocenters. The van der Waals surface area contributed by atoms with Gasteiger partial charge in [-0.2, -0.15) is 0 Å². The third-order valence-electron chi connectivity index (χ3n) is 3.77. The van der Waals surface area contributed by atoms with E-state index < -0.39 is 0 Å². The Bertz CT molecular complexity index is 674. The molecule has 1 aromatic heterocycles. The largest absolute Gasteiger partial charge is 0.361 e. The third kappa shape index (κ3) is 4.55. The number of nitrogens with zero attached hydrogens (tertiary/aromatic N) is 2. The Hall–Kier alpha value is -2.37. The summed E-state index contributed by atoms with van der Waals surface area (Å²) >= 11 is 0. The molecular formula is C17H23FN4O. The first-order chi connectivity index (χ1) is 11.0. The van der Waals surface area contributed by atoms with Gasteiger partial charge in [-0.3, -0.25) is 4.99 Å². The van der Waals surface area contributed by atoms with Crippen LogP contribution in [0.1, 0.15) is 28.1 Å². The van der Waals surface area contributed by atoms with Gasteiger partial charge in [0.05, 0.1) is 5.69 Å². The van der Waals surface area contributed by atoms with Gasteiger partial charge in [0.15, 0.2) is 5.96 Å². The van der Waals surface area contributed by atoms with E-state index in [1.807, 2.05) is 19.9 Å². The standard InChI is InChI=1S/C17H23FN4O/c1-11-5-6-14(9-16(11)18)10-21-17(19-4)20-8-7-15-12(2)22-23-13(15)3/h5-6,9H,7-8,10H2,1-4H3,(H2,19,20,21). The quantitative estimate of drug-likeness (QED) is 0.657. The number of aliphatic imine (C=N–C) groups is 1. The van der Waals surface area contributed by atoms with Crippen molar-refractivity contribution in [3.63, 3.8) is 0 Å². The highest BCUT2D eigenvalue weighted by molar-refractivity contribution is 5.79. The Balaban J connectivity index is 1.83. The van der Waals surface area contributed by atoms with Gasteiger partial charge in [0.2, 0.25) is 0 Å². The summed E-state index contributed by atoms with van der Waals surface area (Å²) in [6, 6.07) is 5.22. The van der Waals surface area contributed by atoms with Gasteiger partial charge in [0.1, 0.15) is 11.6 Å². The first-order valence-corrected chi connectivity index (χ1v) is 7.62. The third-order valence-corrected chi connectivity index (χ3v) is 3.77. The van der Waals surface area contributed by atoms with E-state index in [1.54, 1.807) is 26.1 Å². The Morgan fingerprint density at radius 1 is 1.26 bits per heavy atom. The fourth-order valence-corrected chi connectivity index (χ4v) is 2.32. The summed E-state index contributed by atoms with van der Waals surface area (Å²) in [6.07, 6.45) is 0.807. The van der Waals surface area contributed by atoms with E-state index in [1.165, 1.54) is 0 Å². The lowest BCUT2D eigenvalue weighted by Crippen LogP contribution is -2.37. The number of hydrogen-bond acceptors (Lipinski definition) is 3. The summed E-state index contributed by atoms with van der Waals surface area (Å²) in [4.78, 5) is 4.17. The molecule has 0 aliphatic rings. The molecule has 2 N–H and O–H groups in total. The molecule has 0 amide bonds. The highest BCUT2D eigenvalue weighted by Crippen LogP contribution is 2.12. The van der Waals surface area contributed by atoms with E-state index in [2.05, 4.69) is 20.8 Å². The number of guanidine groups is 1. The molecule has 0 saturated carbocycles. The lowest BCUT2D eigenvalue weighted by atomic mass is 10.1. The van der Waals surface area contributed by atoms with Crippen LogP contribution in [0.25, 0.3) is 0 Å². The van der Waals surface area contributed by atoms with Crippen LogP contribution in [0, 0.1) is 26.6 Å². The molecule has 0 aliphatic heterocycles. The Morgan fingerprint density at radius 3 is 2.65 bits per heavy atom. The molecule has 1 aromatic carbocycles. The zero-order valence-corrected chi connectivity index (χ0v) is 14.0. The fraction of sp³-hybridized carbons (Fsp3) is 0.412. The van der Waals surface area contributed by atoms with Crippen LogP contribution in [0.15, 0.2) is 27.7 Å². The maximum Gasteiger partial charge on any atom is 0.191 e. The monoisotopic (exact) mass is 318 g/mol. The Kier molecular flexibility index (Phi) is 5.73. The molecule has 2 aromatic rings. The average Bonchev–Trinajstić information content (AvgIpc) is 2.85. The zero-order valence-electron chi connectivity index (χ0n) is 14.0. The molecular weight excluding hydrogens is 295 g/mol. The second kappa shape index (κ2) is 7.76. The summed E-state index contributed by atoms with van der Waals surface area (Å²) in [6.45, 7) is 6.83. The van der Waals surface area contributed by atoms with E-state index in [0.717, 1.165) is 29.0 Å². The molecule has 5 nitrogen and oxygen atoms in total. The minimum Gasteiger partial charge on any atom is -0.361 e. The second-order valence-corrected chi connectivity index (χ2v) is 5.49. The van der Waals surface area contributed by atoms with Gasteiger partial charge in [0.25, 0.3) is 0 Å². The van der Waals surface area contributed by atoms with E-state index >= 15 is 0 Å². The van der Waals surface area contributed by atoms with Crippen molar-refractivity contribution in [1.29, 1.82) is 0 Å². The normalized spacial score (nSPS) is 11.6. The zero-order chi connectivity index (χ0) is 16.8. The molecule has 6 heteroatoms. The van der Waals surface area contributed by atoms with Crippen molar-refractivity contribution in [2.45, 2.75) is 33.7 Å². The van der Waals surface area contributed by atoms with Crippen molar-refractivity contribution < 1.29 is 8.91 Å². The lowest BCUT2D eigenvalue weighted by molar-refractivity contribution is 0.392. The minimum absolute atomic E-state index is 0.189. The molecule has 23 heavy (non-hydrogen) atoms. The minimum atomic E-state index is -0.189. The van der Waals surface area contributed by atoms with Gasteiger partial charge in [0, 0.05) is 25.7 Å². The first kappa shape index (κ1) is 17.0. The van der Waals surface area contributed by atoms with Gasteiger partial charge in [-0.1, -0.05) is 17.3 Å². The number of hydrogen-bond donors (Lipinski definition) is 2. The van der Waals surface area contributed by atoms with Crippen molar-refractivity contribution in [2.24, 2.45) is 4.99 Å². The second-order valence-electron chi connectivity index (χ2n) is 5.49. The number of benzene rings is 1. The first-order valence-electron chi connectivity index (χ1n) is 7.62. The van der Waals surface area contributed by atoms with Crippen LogP contribution < -0.4 is 10.6 Å². The van der Waals surface area contributed by atoms with Crippen molar-refractivity contribution in [2.75, 3.05) is 13.6 Å². The summed E-state index contributed by atoms with van der Waals surface area (Å²) in [5.74, 6) is 1.34.